The van der Waals surface area contributed by atoms with Gasteiger partial charge in [0.05, 0.1) is 16.5 Å². The van der Waals surface area contributed by atoms with Crippen molar-refractivity contribution < 1.29 is 14.6 Å². The highest BCUT2D eigenvalue weighted by molar-refractivity contribution is 7.80. The van der Waals surface area contributed by atoms with Crippen LogP contribution >= 0.6 is 24.4 Å². The minimum absolute atomic E-state index is 0.146. The van der Waals surface area contributed by atoms with Crippen LogP contribution in [0.5, 0.6) is 11.5 Å². The van der Waals surface area contributed by atoms with Crippen LogP contribution in [0.2, 0.25) is 0 Å². The van der Waals surface area contributed by atoms with Crippen LogP contribution in [-0.4, -0.2) is 38.6 Å². The van der Waals surface area contributed by atoms with Gasteiger partial charge in [0.2, 0.25) is 0 Å². The van der Waals surface area contributed by atoms with Crippen molar-refractivity contribution in [2.24, 2.45) is 4.99 Å². The molecule has 0 radical (unpaired) electrons. The maximum absolute atomic E-state index is 9.38. The number of nitrogen functional groups attached to an aromatic ring is 1. The maximum Gasteiger partial charge on any atom is 0.195 e. The Hall–Kier alpha value is -3.98. The number of isothiocyanates is 1. The van der Waals surface area contributed by atoms with Gasteiger partial charge in [-0.2, -0.15) is 0 Å². The third-order valence-electron chi connectivity index (χ3n) is 4.45. The second-order valence-corrected chi connectivity index (χ2v) is 8.04. The number of hydrogen-bond acceptors (Lipinski definition) is 8. The summed E-state index contributed by atoms with van der Waals surface area (Å²) >= 11 is 9.20. The number of phenolic OH excluding ortho intramolecular Hbond substituents is 2. The Kier molecular flexibility index (Phi) is 32.3. The van der Waals surface area contributed by atoms with E-state index in [9.17, 15) is 5.11 Å². The third-order valence-corrected chi connectivity index (χ3v) is 4.83. The van der Waals surface area contributed by atoms with E-state index in [-0.39, 0.29) is 11.5 Å². The van der Waals surface area contributed by atoms with Crippen LogP contribution in [0.25, 0.3) is 11.1 Å². The van der Waals surface area contributed by atoms with Crippen LogP contribution in [0, 0.1) is 0 Å². The molecule has 0 saturated heterocycles. The normalized spacial score (nSPS) is 8.39. The molecule has 6 N–H and O–H groups in total. The van der Waals surface area contributed by atoms with Crippen LogP contribution in [0.1, 0.15) is 74.6 Å². The van der Waals surface area contributed by atoms with Gasteiger partial charge in [-0.3, -0.25) is 0 Å². The second-order valence-electron chi connectivity index (χ2n) is 7.45. The Bertz CT molecular complexity index is 1240. The summed E-state index contributed by atoms with van der Waals surface area (Å²) in [5.41, 5.74) is 8.16. The number of nitrogens with zero attached hydrogens (tertiary/aromatic N) is 2. The fourth-order valence-electron chi connectivity index (χ4n) is 2.70. The smallest absolute Gasteiger partial charge is 0.195 e. The Morgan fingerprint density at radius 2 is 1.41 bits per heavy atom. The molecule has 0 saturated carbocycles. The number of aromatic nitrogens is 1. The lowest BCUT2D eigenvalue weighted by Crippen LogP contribution is -2.27. The molecule has 1 heterocycles. The van der Waals surface area contributed by atoms with Gasteiger partial charge in [-0.05, 0) is 81.1 Å². The Balaban J connectivity index is -0.000000501. The monoisotopic (exact) mass is 643 g/mol. The minimum Gasteiger partial charge on any atom is -0.506 e. The molecule has 0 bridgehead atoms. The molecular formula is C34H53N5O3S2. The average molecular weight is 644 g/mol. The summed E-state index contributed by atoms with van der Waals surface area (Å²) in [5, 5.41) is 26.7. The van der Waals surface area contributed by atoms with Crippen molar-refractivity contribution in [1.82, 2.24) is 10.3 Å². The van der Waals surface area contributed by atoms with E-state index in [1.807, 2.05) is 85.7 Å². The molecule has 0 amide bonds. The number of para-hydroxylation sites is 6. The first-order valence-electron chi connectivity index (χ1n) is 15.1. The molecule has 1 aromatic heterocycles. The van der Waals surface area contributed by atoms with Gasteiger partial charge in [0, 0.05) is 19.5 Å². The number of aryl methyl sites for hydroxylation is 1. The topological polar surface area (TPSA) is 129 Å². The molecule has 244 valence electrons. The van der Waals surface area contributed by atoms with Crippen LogP contribution in [0.15, 0.2) is 82.2 Å². The number of anilines is 2. The molecule has 0 spiro atoms. The summed E-state index contributed by atoms with van der Waals surface area (Å²) < 4.78 is 5.50. The van der Waals surface area contributed by atoms with E-state index in [0.29, 0.717) is 16.5 Å². The number of benzene rings is 3. The van der Waals surface area contributed by atoms with Gasteiger partial charge in [0.1, 0.15) is 17.0 Å². The Labute approximate surface area is 275 Å². The quantitative estimate of drug-likeness (QED) is 0.0625. The predicted octanol–water partition coefficient (Wildman–Crippen LogP) is 9.64. The van der Waals surface area contributed by atoms with Crippen LogP contribution < -0.4 is 16.4 Å². The summed E-state index contributed by atoms with van der Waals surface area (Å²) in [7, 11) is 0. The second kappa shape index (κ2) is 31.9. The molecule has 0 aliphatic heterocycles. The zero-order chi connectivity index (χ0) is 34.2. The van der Waals surface area contributed by atoms with Crippen molar-refractivity contribution >= 4 is 57.2 Å². The lowest BCUT2D eigenvalue weighted by Gasteiger charge is -2.09. The Morgan fingerprint density at radius 3 is 1.84 bits per heavy atom. The van der Waals surface area contributed by atoms with Crippen molar-refractivity contribution in [3.05, 3.63) is 78.7 Å². The number of oxazole rings is 1. The van der Waals surface area contributed by atoms with E-state index in [4.69, 9.17) is 27.5 Å². The number of nitrogens with two attached hydrogens (primary N) is 1. The van der Waals surface area contributed by atoms with Crippen molar-refractivity contribution in [2.75, 3.05) is 24.1 Å². The molecule has 4 aromatic rings. The first kappa shape index (κ1) is 44.5. The first-order valence-corrected chi connectivity index (χ1v) is 15.9. The van der Waals surface area contributed by atoms with Crippen molar-refractivity contribution in [1.29, 1.82) is 0 Å². The maximum atomic E-state index is 9.38. The van der Waals surface area contributed by atoms with Crippen LogP contribution in [0.3, 0.4) is 0 Å². The molecule has 0 aliphatic rings. The van der Waals surface area contributed by atoms with Gasteiger partial charge >= 0.3 is 0 Å². The number of aliphatic imine (C=N–C) groups is 1. The molecule has 3 aromatic carbocycles. The van der Waals surface area contributed by atoms with Gasteiger partial charge in [-0.1, -0.05) is 84.9 Å². The van der Waals surface area contributed by atoms with Crippen LogP contribution in [-0.2, 0) is 6.42 Å². The number of nitrogens with one attached hydrogen (secondary N) is 2. The van der Waals surface area contributed by atoms with E-state index in [2.05, 4.69) is 44.9 Å². The first-order chi connectivity index (χ1) is 21.4. The Morgan fingerprint density at radius 1 is 0.864 bits per heavy atom. The fraction of sp³-hybridized carbons (Fsp3) is 0.382. The largest absolute Gasteiger partial charge is 0.506 e. The summed E-state index contributed by atoms with van der Waals surface area (Å²) in [4.78, 5) is 7.87. The molecule has 0 atom stereocenters. The summed E-state index contributed by atoms with van der Waals surface area (Å²) in [6.07, 6.45) is 2.00. The molecule has 0 unspecified atom stereocenters. The van der Waals surface area contributed by atoms with Gasteiger partial charge in [0.25, 0.3) is 0 Å². The van der Waals surface area contributed by atoms with Crippen molar-refractivity contribution in [2.45, 2.75) is 75.2 Å². The SMILES string of the molecule is CC.CC.CC.CCCc1nc2ccccc2o1.CCN=C=S.CCNC(=S)Nc1ccccc1O.Nc1ccccc1O. The summed E-state index contributed by atoms with van der Waals surface area (Å²) in [6.45, 7) is 19.5. The fourth-order valence-corrected chi connectivity index (χ4v) is 3.08. The van der Waals surface area contributed by atoms with Gasteiger partial charge in [-0.15, -0.1) is 0 Å². The van der Waals surface area contributed by atoms with Gasteiger partial charge in [0.15, 0.2) is 16.6 Å². The number of aromatic hydroxyl groups is 2. The molecular weight excluding hydrogens is 591 g/mol. The summed E-state index contributed by atoms with van der Waals surface area (Å²) in [6, 6.07) is 21.5. The van der Waals surface area contributed by atoms with Crippen molar-refractivity contribution in [3.63, 3.8) is 0 Å². The molecule has 44 heavy (non-hydrogen) atoms. The van der Waals surface area contributed by atoms with Crippen molar-refractivity contribution in [3.8, 4) is 11.5 Å². The van der Waals surface area contributed by atoms with E-state index in [0.717, 1.165) is 42.9 Å². The van der Waals surface area contributed by atoms with E-state index in [1.165, 1.54) is 0 Å². The highest BCUT2D eigenvalue weighted by Gasteiger charge is 2.02. The lowest BCUT2D eigenvalue weighted by atomic mass is 10.3. The standard InChI is InChI=1S/C10H11NO.C9H12N2OS.C6H7NO.C3H5NS.3C2H6/c1-2-5-10-11-8-6-3-4-7-9(8)12-10;1-2-10-9(13)11-7-5-3-4-6-8(7)12;7-5-3-1-2-4-6(5)8;1-2-4-3-5;3*1-2/h3-4,6-7H,2,5H2,1H3;3-6,12H,2H2,1H3,(H2,10,11,13);1-4,8H,7H2;2H2,1H3;3*1-2H3. The molecule has 0 fully saturated rings. The van der Waals surface area contributed by atoms with Gasteiger partial charge in [-0.25, -0.2) is 9.98 Å². The molecule has 4 rings (SSSR count). The number of hydrogen-bond donors (Lipinski definition) is 5. The number of rotatable bonds is 5. The number of phenols is 2. The lowest BCUT2D eigenvalue weighted by molar-refractivity contribution is 0.477. The minimum atomic E-state index is 0.146. The highest BCUT2D eigenvalue weighted by Crippen LogP contribution is 2.21. The molecule has 0 aliphatic carbocycles. The summed E-state index contributed by atoms with van der Waals surface area (Å²) in [5.74, 6) is 1.19. The predicted molar refractivity (Wildman–Crippen MR) is 198 cm³/mol. The average Bonchev–Trinajstić information content (AvgIpc) is 3.47. The zero-order valence-corrected chi connectivity index (χ0v) is 29.5. The highest BCUT2D eigenvalue weighted by atomic mass is 32.1. The van der Waals surface area contributed by atoms with E-state index < -0.39 is 0 Å². The van der Waals surface area contributed by atoms with E-state index >= 15 is 0 Å². The molecule has 10 heteroatoms. The zero-order valence-electron chi connectivity index (χ0n) is 27.8. The van der Waals surface area contributed by atoms with Crippen LogP contribution in [0.4, 0.5) is 11.4 Å². The number of thiocarbonyl (C=S) groups is 2. The number of fused-ring (bicyclic) bond motifs is 1. The van der Waals surface area contributed by atoms with E-state index in [1.54, 1.807) is 42.5 Å². The molecule has 8 nitrogen and oxygen atoms in total. The third kappa shape index (κ3) is 21.7. The van der Waals surface area contributed by atoms with Gasteiger partial charge < -0.3 is 31.0 Å².